The molecule has 0 spiro atoms. The molecule has 2 heterocycles. The van der Waals surface area contributed by atoms with Gasteiger partial charge in [0.2, 0.25) is 0 Å². The second-order valence-corrected chi connectivity index (χ2v) is 7.54. The predicted molar refractivity (Wildman–Crippen MR) is 103 cm³/mol. The minimum absolute atomic E-state index is 0.327. The highest BCUT2D eigenvalue weighted by Gasteiger charge is 2.17. The standard InChI is InChI=1S/C21H27N3O/c1-15-9-10-18(17-8-6-12-22-19(15)17)20-23-13-14-24(20)16(2)7-5-11-21(3,4)25/h6,8-10,12-14,16,25H,5,7,11H2,1-4H3. The van der Waals surface area contributed by atoms with E-state index >= 15 is 0 Å². The summed E-state index contributed by atoms with van der Waals surface area (Å²) in [5.41, 5.74) is 2.73. The summed E-state index contributed by atoms with van der Waals surface area (Å²) in [6, 6.07) is 8.67. The van der Waals surface area contributed by atoms with Gasteiger partial charge < -0.3 is 9.67 Å². The van der Waals surface area contributed by atoms with Gasteiger partial charge in [0.1, 0.15) is 5.82 Å². The molecule has 0 fully saturated rings. The summed E-state index contributed by atoms with van der Waals surface area (Å²) in [6.45, 7) is 8.03. The van der Waals surface area contributed by atoms with Crippen molar-refractivity contribution in [1.82, 2.24) is 14.5 Å². The van der Waals surface area contributed by atoms with Gasteiger partial charge in [0, 0.05) is 35.6 Å². The van der Waals surface area contributed by atoms with Crippen LogP contribution in [0.25, 0.3) is 22.3 Å². The third kappa shape index (κ3) is 3.90. The van der Waals surface area contributed by atoms with Crippen LogP contribution >= 0.6 is 0 Å². The molecular weight excluding hydrogens is 310 g/mol. The SMILES string of the molecule is Cc1ccc(-c2nccn2C(C)CCCC(C)(C)O)c2cccnc12. The lowest BCUT2D eigenvalue weighted by Crippen LogP contribution is -2.18. The molecule has 132 valence electrons. The van der Waals surface area contributed by atoms with Crippen LogP contribution in [0.5, 0.6) is 0 Å². The maximum Gasteiger partial charge on any atom is 0.140 e. The van der Waals surface area contributed by atoms with Crippen LogP contribution < -0.4 is 0 Å². The molecule has 0 amide bonds. The van der Waals surface area contributed by atoms with E-state index in [4.69, 9.17) is 0 Å². The maximum absolute atomic E-state index is 9.91. The van der Waals surface area contributed by atoms with Crippen LogP contribution in [-0.2, 0) is 0 Å². The molecule has 0 aliphatic rings. The van der Waals surface area contributed by atoms with E-state index in [1.54, 1.807) is 0 Å². The number of pyridine rings is 1. The average Bonchev–Trinajstić information content (AvgIpc) is 3.04. The summed E-state index contributed by atoms with van der Waals surface area (Å²) in [7, 11) is 0. The van der Waals surface area contributed by atoms with E-state index in [1.807, 2.05) is 38.5 Å². The second kappa shape index (κ2) is 6.96. The van der Waals surface area contributed by atoms with Crippen molar-refractivity contribution in [1.29, 1.82) is 0 Å². The molecule has 4 heteroatoms. The molecular formula is C21H27N3O. The van der Waals surface area contributed by atoms with E-state index in [0.29, 0.717) is 6.04 Å². The number of imidazole rings is 1. The Balaban J connectivity index is 1.91. The van der Waals surface area contributed by atoms with Gasteiger partial charge in [0.25, 0.3) is 0 Å². The molecule has 25 heavy (non-hydrogen) atoms. The third-order valence-electron chi connectivity index (χ3n) is 4.77. The van der Waals surface area contributed by atoms with E-state index in [9.17, 15) is 5.11 Å². The number of aryl methyl sites for hydroxylation is 1. The number of benzene rings is 1. The molecule has 0 saturated heterocycles. The minimum Gasteiger partial charge on any atom is -0.390 e. The first-order valence-electron chi connectivity index (χ1n) is 8.97. The Morgan fingerprint density at radius 3 is 2.72 bits per heavy atom. The molecule has 3 aromatic rings. The molecule has 0 aliphatic heterocycles. The van der Waals surface area contributed by atoms with Gasteiger partial charge in [-0.15, -0.1) is 0 Å². The zero-order valence-corrected chi connectivity index (χ0v) is 15.5. The molecule has 1 unspecified atom stereocenters. The fourth-order valence-corrected chi connectivity index (χ4v) is 3.36. The van der Waals surface area contributed by atoms with Gasteiger partial charge >= 0.3 is 0 Å². The van der Waals surface area contributed by atoms with E-state index < -0.39 is 5.60 Å². The zero-order chi connectivity index (χ0) is 18.0. The number of hydrogen-bond donors (Lipinski definition) is 1. The fourth-order valence-electron chi connectivity index (χ4n) is 3.36. The number of rotatable bonds is 6. The van der Waals surface area contributed by atoms with Gasteiger partial charge in [-0.25, -0.2) is 4.98 Å². The van der Waals surface area contributed by atoms with Gasteiger partial charge in [-0.1, -0.05) is 18.2 Å². The Morgan fingerprint density at radius 2 is 1.96 bits per heavy atom. The Hall–Kier alpha value is -2.20. The monoisotopic (exact) mass is 337 g/mol. The summed E-state index contributed by atoms with van der Waals surface area (Å²) in [6.07, 6.45) is 8.55. The van der Waals surface area contributed by atoms with E-state index in [-0.39, 0.29) is 0 Å². The van der Waals surface area contributed by atoms with Crippen molar-refractivity contribution in [3.8, 4) is 11.4 Å². The summed E-state index contributed by atoms with van der Waals surface area (Å²) in [4.78, 5) is 9.17. The van der Waals surface area contributed by atoms with Gasteiger partial charge in [0.05, 0.1) is 11.1 Å². The highest BCUT2D eigenvalue weighted by atomic mass is 16.3. The Bertz CT molecular complexity index is 861. The zero-order valence-electron chi connectivity index (χ0n) is 15.5. The number of hydrogen-bond acceptors (Lipinski definition) is 3. The molecule has 1 aromatic carbocycles. The molecule has 0 aliphatic carbocycles. The van der Waals surface area contributed by atoms with Crippen LogP contribution in [0.15, 0.2) is 42.9 Å². The number of fused-ring (bicyclic) bond motifs is 1. The summed E-state index contributed by atoms with van der Waals surface area (Å²) >= 11 is 0. The van der Waals surface area contributed by atoms with Crippen molar-refractivity contribution < 1.29 is 5.11 Å². The largest absolute Gasteiger partial charge is 0.390 e. The first-order valence-corrected chi connectivity index (χ1v) is 8.97. The van der Waals surface area contributed by atoms with E-state index in [2.05, 4.69) is 46.6 Å². The molecule has 1 N–H and O–H groups in total. The number of aromatic nitrogens is 3. The highest BCUT2D eigenvalue weighted by molar-refractivity contribution is 5.94. The molecule has 0 bridgehead atoms. The van der Waals surface area contributed by atoms with Crippen molar-refractivity contribution in [2.45, 2.75) is 58.6 Å². The molecule has 1 atom stereocenters. The quantitative estimate of drug-likeness (QED) is 0.695. The Morgan fingerprint density at radius 1 is 1.16 bits per heavy atom. The summed E-state index contributed by atoms with van der Waals surface area (Å²) in [5, 5.41) is 11.0. The molecule has 4 nitrogen and oxygen atoms in total. The van der Waals surface area contributed by atoms with Crippen LogP contribution in [-0.4, -0.2) is 25.2 Å². The van der Waals surface area contributed by atoms with Crippen LogP contribution in [0.2, 0.25) is 0 Å². The van der Waals surface area contributed by atoms with Crippen molar-refractivity contribution >= 4 is 10.9 Å². The summed E-state index contributed by atoms with van der Waals surface area (Å²) in [5.74, 6) is 0.980. The maximum atomic E-state index is 9.91. The van der Waals surface area contributed by atoms with Crippen LogP contribution in [0, 0.1) is 6.92 Å². The fraction of sp³-hybridized carbons (Fsp3) is 0.429. The van der Waals surface area contributed by atoms with Crippen molar-refractivity contribution in [2.24, 2.45) is 0 Å². The van der Waals surface area contributed by atoms with Gasteiger partial charge in [-0.3, -0.25) is 4.98 Å². The van der Waals surface area contributed by atoms with Crippen molar-refractivity contribution in [3.05, 3.63) is 48.4 Å². The van der Waals surface area contributed by atoms with E-state index in [1.165, 1.54) is 5.56 Å². The molecule has 2 aromatic heterocycles. The van der Waals surface area contributed by atoms with Gasteiger partial charge in [-0.2, -0.15) is 0 Å². The normalized spacial score (nSPS) is 13.3. The number of nitrogens with zero attached hydrogens (tertiary/aromatic N) is 3. The van der Waals surface area contributed by atoms with Crippen molar-refractivity contribution in [2.75, 3.05) is 0 Å². The van der Waals surface area contributed by atoms with Gasteiger partial charge in [-0.05, 0) is 58.6 Å². The topological polar surface area (TPSA) is 50.9 Å². The highest BCUT2D eigenvalue weighted by Crippen LogP contribution is 2.31. The smallest absolute Gasteiger partial charge is 0.140 e. The average molecular weight is 337 g/mol. The van der Waals surface area contributed by atoms with Crippen LogP contribution in [0.1, 0.15) is 51.6 Å². The molecule has 0 radical (unpaired) electrons. The second-order valence-electron chi connectivity index (χ2n) is 7.54. The third-order valence-corrected chi connectivity index (χ3v) is 4.77. The Labute approximate surface area is 149 Å². The molecule has 0 saturated carbocycles. The Kier molecular flexibility index (Phi) is 4.91. The van der Waals surface area contributed by atoms with Gasteiger partial charge in [0.15, 0.2) is 0 Å². The van der Waals surface area contributed by atoms with Crippen LogP contribution in [0.3, 0.4) is 0 Å². The first-order chi connectivity index (χ1) is 11.9. The lowest BCUT2D eigenvalue weighted by Gasteiger charge is -2.20. The molecule has 3 rings (SSSR count). The minimum atomic E-state index is -0.601. The number of aliphatic hydroxyl groups is 1. The lowest BCUT2D eigenvalue weighted by molar-refractivity contribution is 0.0672. The van der Waals surface area contributed by atoms with E-state index in [0.717, 1.165) is 41.6 Å². The van der Waals surface area contributed by atoms with Crippen LogP contribution in [0.4, 0.5) is 0 Å². The summed E-state index contributed by atoms with van der Waals surface area (Å²) < 4.78 is 2.24. The lowest BCUT2D eigenvalue weighted by atomic mass is 9.99. The first kappa shape index (κ1) is 17.6. The van der Waals surface area contributed by atoms with Crippen molar-refractivity contribution in [3.63, 3.8) is 0 Å². The predicted octanol–water partition coefficient (Wildman–Crippen LogP) is 4.91.